The first-order valence-corrected chi connectivity index (χ1v) is 11.3. The van der Waals surface area contributed by atoms with Gasteiger partial charge in [-0.3, -0.25) is 10.1 Å². The quantitative estimate of drug-likeness (QED) is 0.285. The maximum absolute atomic E-state index is 13.8. The van der Waals surface area contributed by atoms with Crippen LogP contribution in [0.2, 0.25) is 5.02 Å². The van der Waals surface area contributed by atoms with Gasteiger partial charge in [-0.1, -0.05) is 17.5 Å². The van der Waals surface area contributed by atoms with Crippen molar-refractivity contribution in [2.45, 2.75) is 6.92 Å². The molecule has 0 aliphatic carbocycles. The molecule has 4 rings (SSSR count). The number of fused-ring (bicyclic) bond motifs is 1. The van der Waals surface area contributed by atoms with Gasteiger partial charge in [0.05, 0.1) is 22.7 Å². The highest BCUT2D eigenvalue weighted by atomic mass is 35.5. The van der Waals surface area contributed by atoms with E-state index < -0.39 is 23.9 Å². The van der Waals surface area contributed by atoms with Crippen LogP contribution in [-0.4, -0.2) is 34.8 Å². The molecule has 0 atom stereocenters. The van der Waals surface area contributed by atoms with Crippen LogP contribution >= 0.6 is 11.6 Å². The van der Waals surface area contributed by atoms with Gasteiger partial charge >= 0.3 is 12.2 Å². The Morgan fingerprint density at radius 2 is 1.92 bits per heavy atom. The lowest BCUT2D eigenvalue weighted by Crippen LogP contribution is -2.25. The Kier molecular flexibility index (Phi) is 7.45. The number of pyridine rings is 1. The normalized spacial score (nSPS) is 10.4. The van der Waals surface area contributed by atoms with Crippen molar-refractivity contribution in [2.75, 3.05) is 16.8 Å². The Morgan fingerprint density at radius 3 is 2.55 bits per heavy atom. The van der Waals surface area contributed by atoms with Gasteiger partial charge in [0.25, 0.3) is 0 Å². The van der Waals surface area contributed by atoms with E-state index in [-0.39, 0.29) is 45.6 Å². The number of carbonyl (C=O) groups excluding carboxylic acids is 2. The van der Waals surface area contributed by atoms with Crippen molar-refractivity contribution < 1.29 is 33.0 Å². The molecule has 0 saturated carbocycles. The van der Waals surface area contributed by atoms with E-state index in [0.29, 0.717) is 11.1 Å². The maximum atomic E-state index is 13.8. The maximum Gasteiger partial charge on any atom is 0.416 e. The lowest BCUT2D eigenvalue weighted by molar-refractivity contribution is 0.1000. The molecular formula is C26H18ClFN4O6. The van der Waals surface area contributed by atoms with E-state index in [1.165, 1.54) is 30.5 Å². The van der Waals surface area contributed by atoms with Crippen molar-refractivity contribution in [1.29, 1.82) is 0 Å². The highest BCUT2D eigenvalue weighted by Gasteiger charge is 2.29. The summed E-state index contributed by atoms with van der Waals surface area (Å²) in [6.45, 7) is 1.64. The molecule has 2 aromatic carbocycles. The minimum atomic E-state index is -1.47. The first kappa shape index (κ1) is 26.0. The highest BCUT2D eigenvalue weighted by Crippen LogP contribution is 2.43. The molecule has 0 spiro atoms. The molecule has 4 N–H and O–H groups in total. The second kappa shape index (κ2) is 10.9. The third-order valence-corrected chi connectivity index (χ3v) is 5.43. The number of hydrogen-bond donors (Lipinski definition) is 3. The topological polar surface area (TPSA) is 148 Å². The summed E-state index contributed by atoms with van der Waals surface area (Å²) in [5.41, 5.74) is 6.19. The number of carboxylic acid groups (broad SMARTS) is 1. The summed E-state index contributed by atoms with van der Waals surface area (Å²) in [4.78, 5) is 40.9. The van der Waals surface area contributed by atoms with Gasteiger partial charge in [0.2, 0.25) is 11.8 Å². The first-order valence-electron chi connectivity index (χ1n) is 10.9. The molecule has 0 unspecified atom stereocenters. The van der Waals surface area contributed by atoms with Crippen molar-refractivity contribution in [3.05, 3.63) is 82.4 Å². The number of aromatic nitrogens is 1. The van der Waals surface area contributed by atoms with Crippen LogP contribution in [0.3, 0.4) is 0 Å². The molecule has 3 amide bonds. The van der Waals surface area contributed by atoms with Crippen LogP contribution in [-0.2, 0) is 4.74 Å². The molecule has 0 aliphatic heterocycles. The third-order valence-electron chi connectivity index (χ3n) is 5.14. The molecule has 0 saturated heterocycles. The molecule has 192 valence electrons. The lowest BCUT2D eigenvalue weighted by atomic mass is 10.1. The van der Waals surface area contributed by atoms with Gasteiger partial charge in [-0.2, -0.15) is 0 Å². The monoisotopic (exact) mass is 536 g/mol. The fourth-order valence-corrected chi connectivity index (χ4v) is 3.65. The number of furan rings is 1. The van der Waals surface area contributed by atoms with E-state index in [0.717, 1.165) is 17.0 Å². The molecule has 0 aliphatic rings. The zero-order valence-corrected chi connectivity index (χ0v) is 20.4. The molecule has 0 radical (unpaired) electrons. The van der Waals surface area contributed by atoms with Crippen molar-refractivity contribution >= 4 is 57.9 Å². The summed E-state index contributed by atoms with van der Waals surface area (Å²) in [5, 5.41) is 12.4. The van der Waals surface area contributed by atoms with Crippen molar-refractivity contribution in [1.82, 2.24) is 4.98 Å². The molecule has 2 aromatic heterocycles. The minimum absolute atomic E-state index is 0.0162. The second-order valence-electron chi connectivity index (χ2n) is 7.57. The lowest BCUT2D eigenvalue weighted by Gasteiger charge is -2.20. The van der Waals surface area contributed by atoms with Crippen LogP contribution in [0.5, 0.6) is 0 Å². The molecule has 0 fully saturated rings. The number of nitrogens with two attached hydrogens (primary N) is 1. The van der Waals surface area contributed by atoms with Gasteiger partial charge in [0, 0.05) is 17.3 Å². The zero-order chi connectivity index (χ0) is 27.4. The predicted molar refractivity (Wildman–Crippen MR) is 137 cm³/mol. The summed E-state index contributed by atoms with van der Waals surface area (Å²) in [6.07, 6.45) is -0.986. The van der Waals surface area contributed by atoms with E-state index in [1.807, 2.05) is 0 Å². The van der Waals surface area contributed by atoms with E-state index in [1.54, 1.807) is 19.1 Å². The van der Waals surface area contributed by atoms with E-state index in [4.69, 9.17) is 26.5 Å². The summed E-state index contributed by atoms with van der Waals surface area (Å²) in [5.74, 6) is 4.13. The molecule has 12 heteroatoms. The van der Waals surface area contributed by atoms with Crippen LogP contribution in [0.1, 0.15) is 28.5 Å². The molecule has 10 nitrogen and oxygen atoms in total. The summed E-state index contributed by atoms with van der Waals surface area (Å²) in [7, 11) is 0. The summed E-state index contributed by atoms with van der Waals surface area (Å²) < 4.78 is 24.6. The second-order valence-corrected chi connectivity index (χ2v) is 7.98. The van der Waals surface area contributed by atoms with E-state index in [9.17, 15) is 23.9 Å². The van der Waals surface area contributed by atoms with Gasteiger partial charge in [-0.05, 0) is 61.4 Å². The molecular weight excluding hydrogens is 519 g/mol. The van der Waals surface area contributed by atoms with Crippen LogP contribution < -0.4 is 16.0 Å². The average molecular weight is 537 g/mol. The van der Waals surface area contributed by atoms with Crippen molar-refractivity contribution in [3.63, 3.8) is 0 Å². The number of rotatable bonds is 5. The zero-order valence-electron chi connectivity index (χ0n) is 19.6. The Bertz CT molecular complexity index is 1620. The smallest absolute Gasteiger partial charge is 0.416 e. The number of nitrogens with one attached hydrogen (secondary N) is 1. The number of primary amides is 1. The van der Waals surface area contributed by atoms with Crippen LogP contribution in [0.25, 0.3) is 11.0 Å². The Hall–Kier alpha value is -5.08. The molecule has 2 heterocycles. The number of hydrogen-bond acceptors (Lipinski definition) is 6. The van der Waals surface area contributed by atoms with Crippen molar-refractivity contribution in [2.24, 2.45) is 5.73 Å². The third kappa shape index (κ3) is 5.35. The fourth-order valence-electron chi connectivity index (χ4n) is 3.47. The van der Waals surface area contributed by atoms with Gasteiger partial charge in [0.1, 0.15) is 11.5 Å². The number of benzene rings is 2. The number of anilines is 3. The highest BCUT2D eigenvalue weighted by molar-refractivity contribution is 6.31. The molecule has 4 aromatic rings. The largest absolute Gasteiger partial charge is 0.464 e. The number of nitrogens with zero attached hydrogens (tertiary/aromatic N) is 2. The Balaban J connectivity index is 1.88. The molecule has 38 heavy (non-hydrogen) atoms. The van der Waals surface area contributed by atoms with Crippen LogP contribution in [0.15, 0.2) is 59.1 Å². The van der Waals surface area contributed by atoms with Gasteiger partial charge < -0.3 is 20.0 Å². The van der Waals surface area contributed by atoms with Crippen LogP contribution in [0, 0.1) is 17.7 Å². The fraction of sp³-hybridized carbons (Fsp3) is 0.0769. The molecule has 0 bridgehead atoms. The van der Waals surface area contributed by atoms with E-state index in [2.05, 4.69) is 22.1 Å². The number of halogens is 2. The van der Waals surface area contributed by atoms with Gasteiger partial charge in [-0.25, -0.2) is 23.9 Å². The SMILES string of the molecule is CCOC(=O)Nc1oc2c(C#Cc3ccc(C(N)=O)cc3)nccc2c1N(C(=O)O)c1ccc(F)c(Cl)c1. The van der Waals surface area contributed by atoms with Crippen LogP contribution in [0.4, 0.5) is 31.2 Å². The predicted octanol–water partition coefficient (Wildman–Crippen LogP) is 5.50. The minimum Gasteiger partial charge on any atom is -0.464 e. The number of amides is 3. The first-order chi connectivity index (χ1) is 18.2. The summed E-state index contributed by atoms with van der Waals surface area (Å²) >= 11 is 5.90. The Morgan fingerprint density at radius 1 is 1.18 bits per heavy atom. The van der Waals surface area contributed by atoms with E-state index >= 15 is 0 Å². The van der Waals surface area contributed by atoms with Gasteiger partial charge in [0.15, 0.2) is 11.3 Å². The van der Waals surface area contributed by atoms with Crippen molar-refractivity contribution in [3.8, 4) is 11.8 Å². The summed E-state index contributed by atoms with van der Waals surface area (Å²) in [6, 6.07) is 11.0. The number of carbonyl (C=O) groups is 3. The standard InChI is InChI=1S/C26H18ClFN4O6/c1-2-37-25(34)31-24-21(32(26(35)36)16-8-9-19(28)18(27)13-16)17-11-12-30-20(22(17)38-24)10-5-14-3-6-15(7-4-14)23(29)33/h3-4,6-9,11-13H,2H2,1H3,(H2,29,33)(H,31,34)(H,35,36). The van der Waals surface area contributed by atoms with Gasteiger partial charge in [-0.15, -0.1) is 0 Å². The number of ether oxygens (including phenoxy) is 1. The Labute approximate surface area is 219 Å². The average Bonchev–Trinajstić information content (AvgIpc) is 3.23.